The van der Waals surface area contributed by atoms with E-state index in [4.69, 9.17) is 11.6 Å². The maximum atomic E-state index is 13.1. The number of aromatic nitrogens is 4. The number of hydrogen-bond acceptors (Lipinski definition) is 3. The van der Waals surface area contributed by atoms with Crippen LogP contribution in [0.1, 0.15) is 17.1 Å². The fourth-order valence-electron chi connectivity index (χ4n) is 2.25. The van der Waals surface area contributed by atoms with Crippen molar-refractivity contribution in [2.75, 3.05) is 0 Å². The molecule has 0 atom stereocenters. The van der Waals surface area contributed by atoms with Crippen LogP contribution in [-0.2, 0) is 26.3 Å². The lowest BCUT2D eigenvalue weighted by atomic mass is 10.2. The summed E-state index contributed by atoms with van der Waals surface area (Å²) in [5.74, 6) is 1.20. The number of nitrogens with zero attached hydrogens (tertiary/aromatic N) is 4. The summed E-state index contributed by atoms with van der Waals surface area (Å²) < 4.78 is 17.1. The van der Waals surface area contributed by atoms with Gasteiger partial charge in [-0.15, -0.1) is 10.2 Å². The largest absolute Gasteiger partial charge is 0.354 e. The number of thioether (sulfide) groups is 1. The molecule has 0 saturated carbocycles. The van der Waals surface area contributed by atoms with E-state index in [-0.39, 0.29) is 5.82 Å². The van der Waals surface area contributed by atoms with Crippen LogP contribution >= 0.6 is 23.4 Å². The summed E-state index contributed by atoms with van der Waals surface area (Å²) in [7, 11) is 3.96. The Balaban J connectivity index is 1.71. The van der Waals surface area contributed by atoms with Gasteiger partial charge in [-0.3, -0.25) is 0 Å². The molecule has 0 radical (unpaired) electrons. The molecule has 0 amide bonds. The van der Waals surface area contributed by atoms with E-state index >= 15 is 0 Å². The molecule has 0 spiro atoms. The van der Waals surface area contributed by atoms with Gasteiger partial charge in [-0.25, -0.2) is 4.39 Å². The van der Waals surface area contributed by atoms with Gasteiger partial charge in [-0.2, -0.15) is 0 Å². The Morgan fingerprint density at radius 3 is 2.74 bits per heavy atom. The van der Waals surface area contributed by atoms with E-state index < -0.39 is 0 Å². The molecule has 0 aliphatic heterocycles. The summed E-state index contributed by atoms with van der Waals surface area (Å²) in [5, 5.41) is 9.75. The molecule has 3 aromatic rings. The molecule has 1 aromatic carbocycles. The van der Waals surface area contributed by atoms with Crippen LogP contribution in [-0.4, -0.2) is 19.3 Å². The SMILES string of the molecule is Cn1cccc1Cc1nnc(SCc2ccc(F)cc2Cl)n1C. The third-order valence-electron chi connectivity index (χ3n) is 3.69. The first-order valence-electron chi connectivity index (χ1n) is 7.10. The highest BCUT2D eigenvalue weighted by Gasteiger charge is 2.12. The van der Waals surface area contributed by atoms with Gasteiger partial charge in [0, 0.05) is 43.2 Å². The molecule has 2 heterocycles. The van der Waals surface area contributed by atoms with Crippen molar-refractivity contribution in [2.24, 2.45) is 14.1 Å². The first-order valence-corrected chi connectivity index (χ1v) is 8.46. The number of halogens is 2. The van der Waals surface area contributed by atoms with Crippen LogP contribution in [0.25, 0.3) is 0 Å². The zero-order valence-corrected chi connectivity index (χ0v) is 14.4. The van der Waals surface area contributed by atoms with Gasteiger partial charge in [0.05, 0.1) is 0 Å². The van der Waals surface area contributed by atoms with Crippen LogP contribution in [0.15, 0.2) is 41.7 Å². The molecule has 0 saturated heterocycles. The van der Waals surface area contributed by atoms with Crippen LogP contribution in [0, 0.1) is 5.82 Å². The van der Waals surface area contributed by atoms with Crippen molar-refractivity contribution in [1.29, 1.82) is 0 Å². The number of benzene rings is 1. The minimum atomic E-state index is -0.327. The van der Waals surface area contributed by atoms with Crippen molar-refractivity contribution >= 4 is 23.4 Å². The molecule has 3 rings (SSSR count). The molecule has 7 heteroatoms. The second-order valence-corrected chi connectivity index (χ2v) is 6.62. The maximum absolute atomic E-state index is 13.1. The smallest absolute Gasteiger partial charge is 0.191 e. The fourth-order valence-corrected chi connectivity index (χ4v) is 3.50. The summed E-state index contributed by atoms with van der Waals surface area (Å²) in [5.41, 5.74) is 2.06. The van der Waals surface area contributed by atoms with E-state index in [1.165, 1.54) is 29.6 Å². The predicted octanol–water partition coefficient (Wildman–Crippen LogP) is 3.83. The third-order valence-corrected chi connectivity index (χ3v) is 5.11. The fraction of sp³-hybridized carbons (Fsp3) is 0.250. The van der Waals surface area contributed by atoms with Gasteiger partial charge in [0.25, 0.3) is 0 Å². The van der Waals surface area contributed by atoms with Crippen LogP contribution in [0.3, 0.4) is 0 Å². The molecule has 0 bridgehead atoms. The monoisotopic (exact) mass is 350 g/mol. The Kier molecular flexibility index (Phi) is 4.73. The average molecular weight is 351 g/mol. The second kappa shape index (κ2) is 6.76. The van der Waals surface area contributed by atoms with Gasteiger partial charge in [0.1, 0.15) is 11.6 Å². The molecule has 0 N–H and O–H groups in total. The molecular weight excluding hydrogens is 335 g/mol. The number of rotatable bonds is 5. The average Bonchev–Trinajstić information content (AvgIpc) is 3.07. The number of hydrogen-bond donors (Lipinski definition) is 0. The predicted molar refractivity (Wildman–Crippen MR) is 90.2 cm³/mol. The molecule has 4 nitrogen and oxygen atoms in total. The molecule has 120 valence electrons. The van der Waals surface area contributed by atoms with Gasteiger partial charge in [-0.1, -0.05) is 29.4 Å². The molecule has 23 heavy (non-hydrogen) atoms. The van der Waals surface area contributed by atoms with E-state index in [2.05, 4.69) is 20.8 Å². The zero-order chi connectivity index (χ0) is 16.4. The minimum absolute atomic E-state index is 0.327. The summed E-state index contributed by atoms with van der Waals surface area (Å²) in [4.78, 5) is 0. The van der Waals surface area contributed by atoms with Crippen LogP contribution < -0.4 is 0 Å². The van der Waals surface area contributed by atoms with E-state index in [9.17, 15) is 4.39 Å². The van der Waals surface area contributed by atoms with Crippen molar-refractivity contribution in [3.05, 3.63) is 64.5 Å². The van der Waals surface area contributed by atoms with E-state index in [1.54, 1.807) is 6.07 Å². The van der Waals surface area contributed by atoms with E-state index in [1.807, 2.05) is 30.9 Å². The quantitative estimate of drug-likeness (QED) is 0.656. The Morgan fingerprint density at radius 2 is 2.04 bits per heavy atom. The lowest BCUT2D eigenvalue weighted by Crippen LogP contribution is -2.03. The molecule has 0 unspecified atom stereocenters. The summed E-state index contributed by atoms with van der Waals surface area (Å²) in [6.07, 6.45) is 2.74. The molecule has 0 aliphatic carbocycles. The zero-order valence-electron chi connectivity index (χ0n) is 12.8. The first-order chi connectivity index (χ1) is 11.0. The van der Waals surface area contributed by atoms with Gasteiger partial charge < -0.3 is 9.13 Å². The third kappa shape index (κ3) is 3.59. The lowest BCUT2D eigenvalue weighted by Gasteiger charge is -2.06. The van der Waals surface area contributed by atoms with Crippen molar-refractivity contribution in [3.63, 3.8) is 0 Å². The molecule has 0 aliphatic rings. The topological polar surface area (TPSA) is 35.6 Å². The molecule has 0 fully saturated rings. The van der Waals surface area contributed by atoms with E-state index in [0.717, 1.165) is 23.0 Å². The highest BCUT2D eigenvalue weighted by molar-refractivity contribution is 7.98. The second-order valence-electron chi connectivity index (χ2n) is 5.27. The van der Waals surface area contributed by atoms with Crippen molar-refractivity contribution in [2.45, 2.75) is 17.3 Å². The maximum Gasteiger partial charge on any atom is 0.191 e. The van der Waals surface area contributed by atoms with Crippen LogP contribution in [0.2, 0.25) is 5.02 Å². The van der Waals surface area contributed by atoms with Crippen molar-refractivity contribution in [1.82, 2.24) is 19.3 Å². The Morgan fingerprint density at radius 1 is 1.22 bits per heavy atom. The normalized spacial score (nSPS) is 11.1. The summed E-state index contributed by atoms with van der Waals surface area (Å²) in [6.45, 7) is 0. The molecule has 2 aromatic heterocycles. The number of aryl methyl sites for hydroxylation is 1. The Bertz CT molecular complexity index is 827. The first kappa shape index (κ1) is 16.1. The van der Waals surface area contributed by atoms with Gasteiger partial charge in [-0.05, 0) is 29.8 Å². The van der Waals surface area contributed by atoms with Gasteiger partial charge >= 0.3 is 0 Å². The van der Waals surface area contributed by atoms with Crippen molar-refractivity contribution in [3.8, 4) is 0 Å². The highest BCUT2D eigenvalue weighted by atomic mass is 35.5. The Hall–Kier alpha value is -1.79. The Labute approximate surface area is 143 Å². The molecular formula is C16H16ClFN4S. The van der Waals surface area contributed by atoms with Gasteiger partial charge in [0.15, 0.2) is 5.16 Å². The van der Waals surface area contributed by atoms with Gasteiger partial charge in [0.2, 0.25) is 0 Å². The standard InChI is InChI=1S/C16H16ClFN4S/c1-21-7-3-4-13(21)9-15-19-20-16(22(15)2)23-10-11-5-6-12(18)8-14(11)17/h3-8H,9-10H2,1-2H3. The van der Waals surface area contributed by atoms with Crippen LogP contribution in [0.5, 0.6) is 0 Å². The summed E-state index contributed by atoms with van der Waals surface area (Å²) in [6, 6.07) is 8.53. The highest BCUT2D eigenvalue weighted by Crippen LogP contribution is 2.26. The summed E-state index contributed by atoms with van der Waals surface area (Å²) >= 11 is 7.59. The minimum Gasteiger partial charge on any atom is -0.354 e. The van der Waals surface area contributed by atoms with E-state index in [0.29, 0.717) is 10.8 Å². The van der Waals surface area contributed by atoms with Crippen LogP contribution in [0.4, 0.5) is 4.39 Å². The lowest BCUT2D eigenvalue weighted by molar-refractivity contribution is 0.627. The van der Waals surface area contributed by atoms with Crippen molar-refractivity contribution < 1.29 is 4.39 Å².